The second kappa shape index (κ2) is 7.02. The Hall–Kier alpha value is -2.38. The van der Waals surface area contributed by atoms with Gasteiger partial charge in [-0.1, -0.05) is 23.7 Å². The van der Waals surface area contributed by atoms with Crippen molar-refractivity contribution in [1.29, 1.82) is 0 Å². The standard InChI is InChI=1S/C16H15ClN2O4S/c1-3-10-18(14-5-4-12(2)16(17)11-14)24(22,23)15-8-6-13(7-9-15)19(20)21/h3-9,11H,1,10H2,2H3. The summed E-state index contributed by atoms with van der Waals surface area (Å²) in [6.07, 6.45) is 1.46. The molecule has 0 radical (unpaired) electrons. The Labute approximate surface area is 145 Å². The van der Waals surface area contributed by atoms with Gasteiger partial charge >= 0.3 is 0 Å². The number of hydrogen-bond donors (Lipinski definition) is 0. The Morgan fingerprint density at radius 2 is 1.88 bits per heavy atom. The van der Waals surface area contributed by atoms with E-state index in [1.165, 1.54) is 18.2 Å². The minimum absolute atomic E-state index is 0.0404. The molecule has 0 amide bonds. The molecule has 0 aromatic heterocycles. The first-order chi connectivity index (χ1) is 11.3. The SMILES string of the molecule is C=CCN(c1ccc(C)c(Cl)c1)S(=O)(=O)c1ccc([N+](=O)[O-])cc1. The number of benzene rings is 2. The molecule has 0 saturated heterocycles. The number of aryl methyl sites for hydroxylation is 1. The van der Waals surface area contributed by atoms with E-state index < -0.39 is 14.9 Å². The molecule has 0 fully saturated rings. The Morgan fingerprint density at radius 3 is 2.38 bits per heavy atom. The Kier molecular flexibility index (Phi) is 5.26. The van der Waals surface area contributed by atoms with Gasteiger partial charge in [0.25, 0.3) is 15.7 Å². The zero-order valence-electron chi connectivity index (χ0n) is 12.8. The lowest BCUT2D eigenvalue weighted by Crippen LogP contribution is -2.31. The quantitative estimate of drug-likeness (QED) is 0.440. The van der Waals surface area contributed by atoms with Crippen LogP contribution in [0.15, 0.2) is 60.0 Å². The third-order valence-electron chi connectivity index (χ3n) is 3.37. The van der Waals surface area contributed by atoms with Crippen LogP contribution in [0.2, 0.25) is 5.02 Å². The van der Waals surface area contributed by atoms with E-state index in [0.717, 1.165) is 22.0 Å². The molecule has 2 aromatic rings. The van der Waals surface area contributed by atoms with Crippen LogP contribution < -0.4 is 4.31 Å². The van der Waals surface area contributed by atoms with Crippen LogP contribution in [0.1, 0.15) is 5.56 Å². The number of sulfonamides is 1. The van der Waals surface area contributed by atoms with Gasteiger partial charge < -0.3 is 0 Å². The van der Waals surface area contributed by atoms with Gasteiger partial charge in [-0.3, -0.25) is 14.4 Å². The molecule has 0 atom stereocenters. The smallest absolute Gasteiger partial charge is 0.262 e. The lowest BCUT2D eigenvalue weighted by molar-refractivity contribution is -0.384. The predicted octanol–water partition coefficient (Wildman–Crippen LogP) is 3.94. The summed E-state index contributed by atoms with van der Waals surface area (Å²) in [6.45, 7) is 5.44. The first kappa shape index (κ1) is 18.0. The second-order valence-corrected chi connectivity index (χ2v) is 7.28. The van der Waals surface area contributed by atoms with Crippen molar-refractivity contribution in [2.24, 2.45) is 0 Å². The maximum absolute atomic E-state index is 12.9. The largest absolute Gasteiger partial charge is 0.269 e. The second-order valence-electron chi connectivity index (χ2n) is 5.01. The molecule has 0 aliphatic heterocycles. The number of halogens is 1. The minimum atomic E-state index is -3.91. The fourth-order valence-electron chi connectivity index (χ4n) is 2.06. The van der Waals surface area contributed by atoms with Crippen molar-refractivity contribution < 1.29 is 13.3 Å². The number of hydrogen-bond acceptors (Lipinski definition) is 4. The van der Waals surface area contributed by atoms with Crippen molar-refractivity contribution in [3.63, 3.8) is 0 Å². The summed E-state index contributed by atoms with van der Waals surface area (Å²) in [5.41, 5.74) is 1.04. The molecule has 0 unspecified atom stereocenters. The normalized spacial score (nSPS) is 11.1. The van der Waals surface area contributed by atoms with Crippen LogP contribution in [-0.4, -0.2) is 19.9 Å². The van der Waals surface area contributed by atoms with Gasteiger partial charge in [0.05, 0.1) is 22.1 Å². The van der Waals surface area contributed by atoms with Crippen LogP contribution in [0, 0.1) is 17.0 Å². The molecule has 6 nitrogen and oxygen atoms in total. The van der Waals surface area contributed by atoms with Gasteiger partial charge in [0, 0.05) is 17.2 Å². The van der Waals surface area contributed by atoms with Crippen LogP contribution in [0.4, 0.5) is 11.4 Å². The van der Waals surface area contributed by atoms with Crippen molar-refractivity contribution in [2.75, 3.05) is 10.8 Å². The van der Waals surface area contributed by atoms with Gasteiger partial charge in [-0.2, -0.15) is 0 Å². The predicted molar refractivity (Wildman–Crippen MR) is 94.0 cm³/mol. The van der Waals surface area contributed by atoms with Crippen LogP contribution in [-0.2, 0) is 10.0 Å². The molecule has 8 heteroatoms. The molecule has 0 heterocycles. The average molecular weight is 367 g/mol. The molecular formula is C16H15ClN2O4S. The fraction of sp³-hybridized carbons (Fsp3) is 0.125. The zero-order chi connectivity index (χ0) is 17.9. The van der Waals surface area contributed by atoms with Gasteiger partial charge in [0.2, 0.25) is 0 Å². The summed E-state index contributed by atoms with van der Waals surface area (Å²) in [5, 5.41) is 11.2. The highest BCUT2D eigenvalue weighted by Gasteiger charge is 2.25. The third kappa shape index (κ3) is 3.58. The van der Waals surface area contributed by atoms with Gasteiger partial charge in [0.1, 0.15) is 0 Å². The summed E-state index contributed by atoms with van der Waals surface area (Å²) in [5.74, 6) is 0. The highest BCUT2D eigenvalue weighted by atomic mass is 35.5. The van der Waals surface area contributed by atoms with E-state index in [0.29, 0.717) is 10.7 Å². The van der Waals surface area contributed by atoms with Gasteiger partial charge in [-0.05, 0) is 36.8 Å². The van der Waals surface area contributed by atoms with Crippen LogP contribution in [0.25, 0.3) is 0 Å². The summed E-state index contributed by atoms with van der Waals surface area (Å²) in [7, 11) is -3.91. The van der Waals surface area contributed by atoms with Crippen molar-refractivity contribution in [1.82, 2.24) is 0 Å². The molecular weight excluding hydrogens is 352 g/mol. The summed E-state index contributed by atoms with van der Waals surface area (Å²) in [4.78, 5) is 10.1. The Bertz CT molecular complexity index is 879. The molecule has 2 aromatic carbocycles. The van der Waals surface area contributed by atoms with Gasteiger partial charge in [-0.15, -0.1) is 6.58 Å². The number of nitrogens with zero attached hydrogens (tertiary/aromatic N) is 2. The number of anilines is 1. The zero-order valence-corrected chi connectivity index (χ0v) is 14.4. The van der Waals surface area contributed by atoms with E-state index in [-0.39, 0.29) is 17.1 Å². The maximum Gasteiger partial charge on any atom is 0.269 e. The first-order valence-electron chi connectivity index (χ1n) is 6.91. The Balaban J connectivity index is 2.50. The van der Waals surface area contributed by atoms with Crippen molar-refractivity contribution in [3.8, 4) is 0 Å². The monoisotopic (exact) mass is 366 g/mol. The summed E-state index contributed by atoms with van der Waals surface area (Å²) >= 11 is 6.09. The highest BCUT2D eigenvalue weighted by Crippen LogP contribution is 2.28. The van der Waals surface area contributed by atoms with Crippen molar-refractivity contribution >= 4 is 33.0 Å². The van der Waals surface area contributed by atoms with Gasteiger partial charge in [0.15, 0.2) is 0 Å². The minimum Gasteiger partial charge on any atom is -0.262 e. The van der Waals surface area contributed by atoms with E-state index >= 15 is 0 Å². The number of nitro benzene ring substituents is 1. The average Bonchev–Trinajstić information content (AvgIpc) is 2.55. The lowest BCUT2D eigenvalue weighted by atomic mass is 10.2. The molecule has 126 valence electrons. The van der Waals surface area contributed by atoms with Crippen LogP contribution >= 0.6 is 11.6 Å². The topological polar surface area (TPSA) is 80.5 Å². The molecule has 0 aliphatic carbocycles. The Morgan fingerprint density at radius 1 is 1.25 bits per heavy atom. The fourth-order valence-corrected chi connectivity index (χ4v) is 3.67. The molecule has 0 saturated carbocycles. The van der Waals surface area contributed by atoms with E-state index in [9.17, 15) is 18.5 Å². The van der Waals surface area contributed by atoms with Crippen LogP contribution in [0.3, 0.4) is 0 Å². The maximum atomic E-state index is 12.9. The van der Waals surface area contributed by atoms with Crippen LogP contribution in [0.5, 0.6) is 0 Å². The molecule has 0 aliphatic rings. The van der Waals surface area contributed by atoms with Gasteiger partial charge in [-0.25, -0.2) is 8.42 Å². The first-order valence-corrected chi connectivity index (χ1v) is 8.73. The van der Waals surface area contributed by atoms with Crippen molar-refractivity contribution in [2.45, 2.75) is 11.8 Å². The summed E-state index contributed by atoms with van der Waals surface area (Å²) in [6, 6.07) is 9.65. The molecule has 24 heavy (non-hydrogen) atoms. The van der Waals surface area contributed by atoms with E-state index in [1.807, 2.05) is 6.92 Å². The van der Waals surface area contributed by atoms with E-state index in [2.05, 4.69) is 6.58 Å². The number of non-ortho nitro benzene ring substituents is 1. The van der Waals surface area contributed by atoms with E-state index in [1.54, 1.807) is 18.2 Å². The summed E-state index contributed by atoms with van der Waals surface area (Å²) < 4.78 is 26.9. The number of rotatable bonds is 6. The number of nitro groups is 1. The third-order valence-corrected chi connectivity index (χ3v) is 5.59. The molecule has 2 rings (SSSR count). The van der Waals surface area contributed by atoms with E-state index in [4.69, 9.17) is 11.6 Å². The molecule has 0 N–H and O–H groups in total. The molecule has 0 bridgehead atoms. The molecule has 0 spiro atoms. The highest BCUT2D eigenvalue weighted by molar-refractivity contribution is 7.92. The van der Waals surface area contributed by atoms with Crippen molar-refractivity contribution in [3.05, 3.63) is 75.8 Å². The lowest BCUT2D eigenvalue weighted by Gasteiger charge is -2.23.